The van der Waals surface area contributed by atoms with Crippen LogP contribution >= 0.6 is 0 Å². The van der Waals surface area contributed by atoms with E-state index in [1.54, 1.807) is 6.92 Å². The lowest BCUT2D eigenvalue weighted by molar-refractivity contribution is -0.160. The van der Waals surface area contributed by atoms with Gasteiger partial charge in [-0.15, -0.1) is 0 Å². The second-order valence-electron chi connectivity index (χ2n) is 7.18. The molecule has 0 aliphatic carbocycles. The maximum absolute atomic E-state index is 12.7. The van der Waals surface area contributed by atoms with Gasteiger partial charge in [-0.25, -0.2) is 0 Å². The number of hydrogen-bond donors (Lipinski definition) is 1. The van der Waals surface area contributed by atoms with Crippen molar-refractivity contribution < 1.29 is 14.6 Å². The summed E-state index contributed by atoms with van der Waals surface area (Å²) in [5, 5.41) is 11.1. The minimum absolute atomic E-state index is 0.0584. The van der Waals surface area contributed by atoms with Gasteiger partial charge >= 0.3 is 5.97 Å². The molecule has 0 aliphatic heterocycles. The molecule has 0 saturated carbocycles. The number of rotatable bonds is 7. The summed E-state index contributed by atoms with van der Waals surface area (Å²) in [6.07, 6.45) is 3.72. The van der Waals surface area contributed by atoms with E-state index in [0.717, 1.165) is 16.7 Å². The van der Waals surface area contributed by atoms with Gasteiger partial charge in [0.15, 0.2) is 0 Å². The summed E-state index contributed by atoms with van der Waals surface area (Å²) < 4.78 is 5.43. The van der Waals surface area contributed by atoms with Gasteiger partial charge in [-0.05, 0) is 37.0 Å². The Kier molecular flexibility index (Phi) is 6.76. The maximum atomic E-state index is 12.7. The highest BCUT2D eigenvalue weighted by Gasteiger charge is 2.41. The number of hydrogen-bond acceptors (Lipinski definition) is 3. The number of ether oxygens (including phenoxy) is 1. The molecule has 2 aromatic rings. The standard InChI is InChI=1S/C23H28O3/c1-17(2)21(23(4,25)20-14-12-18(3)13-15-20)22(24)26-16-8-11-19-9-6-5-7-10-19/h5-15,17,21,25H,16H2,1-4H3/b11-8+. The molecule has 138 valence electrons. The molecule has 2 aromatic carbocycles. The Morgan fingerprint density at radius 2 is 1.73 bits per heavy atom. The highest BCUT2D eigenvalue weighted by Crippen LogP contribution is 2.35. The second kappa shape index (κ2) is 8.81. The molecule has 2 unspecified atom stereocenters. The van der Waals surface area contributed by atoms with E-state index in [-0.39, 0.29) is 18.5 Å². The molecule has 0 bridgehead atoms. The topological polar surface area (TPSA) is 46.5 Å². The summed E-state index contributed by atoms with van der Waals surface area (Å²) in [6, 6.07) is 17.5. The van der Waals surface area contributed by atoms with Crippen LogP contribution in [-0.4, -0.2) is 17.7 Å². The predicted molar refractivity (Wildman–Crippen MR) is 106 cm³/mol. The van der Waals surface area contributed by atoms with Crippen molar-refractivity contribution in [2.24, 2.45) is 11.8 Å². The smallest absolute Gasteiger partial charge is 0.312 e. The summed E-state index contributed by atoms with van der Waals surface area (Å²) in [7, 11) is 0. The van der Waals surface area contributed by atoms with Crippen LogP contribution in [0.4, 0.5) is 0 Å². The fourth-order valence-electron chi connectivity index (χ4n) is 3.19. The Bertz CT molecular complexity index is 728. The van der Waals surface area contributed by atoms with E-state index in [1.165, 1.54) is 0 Å². The van der Waals surface area contributed by atoms with Crippen LogP contribution in [0.2, 0.25) is 0 Å². The van der Waals surface area contributed by atoms with Crippen molar-refractivity contribution in [1.29, 1.82) is 0 Å². The van der Waals surface area contributed by atoms with Crippen LogP contribution in [0.15, 0.2) is 60.7 Å². The summed E-state index contributed by atoms with van der Waals surface area (Å²) in [5.74, 6) is -1.09. The highest BCUT2D eigenvalue weighted by molar-refractivity contribution is 5.74. The molecule has 1 N–H and O–H groups in total. The van der Waals surface area contributed by atoms with E-state index in [1.807, 2.05) is 87.5 Å². The molecule has 0 fully saturated rings. The minimum Gasteiger partial charge on any atom is -0.461 e. The number of carbonyl (C=O) groups excluding carboxylic acids is 1. The van der Waals surface area contributed by atoms with Crippen LogP contribution < -0.4 is 0 Å². The van der Waals surface area contributed by atoms with Gasteiger partial charge < -0.3 is 9.84 Å². The molecule has 0 saturated heterocycles. The Balaban J connectivity index is 2.07. The Morgan fingerprint density at radius 3 is 2.31 bits per heavy atom. The van der Waals surface area contributed by atoms with Gasteiger partial charge in [0, 0.05) is 0 Å². The Hall–Kier alpha value is -2.39. The average molecular weight is 352 g/mol. The van der Waals surface area contributed by atoms with E-state index in [0.29, 0.717) is 0 Å². The van der Waals surface area contributed by atoms with Crippen LogP contribution in [0.3, 0.4) is 0 Å². The van der Waals surface area contributed by atoms with Gasteiger partial charge in [0.25, 0.3) is 0 Å². The van der Waals surface area contributed by atoms with Gasteiger partial charge in [-0.2, -0.15) is 0 Å². The molecule has 0 aromatic heterocycles. The van der Waals surface area contributed by atoms with Gasteiger partial charge in [0.05, 0.1) is 5.92 Å². The van der Waals surface area contributed by atoms with Crippen LogP contribution in [-0.2, 0) is 15.1 Å². The first-order chi connectivity index (χ1) is 12.3. The number of esters is 1. The lowest BCUT2D eigenvalue weighted by Gasteiger charge is -2.34. The van der Waals surface area contributed by atoms with Crippen molar-refractivity contribution in [3.05, 3.63) is 77.4 Å². The average Bonchev–Trinajstić information content (AvgIpc) is 2.59. The zero-order chi connectivity index (χ0) is 19.2. The van der Waals surface area contributed by atoms with Gasteiger partial charge in [0.2, 0.25) is 0 Å². The van der Waals surface area contributed by atoms with Crippen LogP contribution in [0.25, 0.3) is 6.08 Å². The molecule has 2 atom stereocenters. The summed E-state index contributed by atoms with van der Waals surface area (Å²) in [6.45, 7) is 7.71. The van der Waals surface area contributed by atoms with Crippen molar-refractivity contribution in [1.82, 2.24) is 0 Å². The first-order valence-corrected chi connectivity index (χ1v) is 9.00. The second-order valence-corrected chi connectivity index (χ2v) is 7.18. The molecule has 3 nitrogen and oxygen atoms in total. The van der Waals surface area contributed by atoms with E-state index in [2.05, 4.69) is 0 Å². The molecule has 0 amide bonds. The fourth-order valence-corrected chi connectivity index (χ4v) is 3.19. The van der Waals surface area contributed by atoms with Gasteiger partial charge in [-0.1, -0.05) is 80.1 Å². The number of carbonyl (C=O) groups is 1. The lowest BCUT2D eigenvalue weighted by Crippen LogP contribution is -2.41. The Morgan fingerprint density at radius 1 is 1.12 bits per heavy atom. The fraction of sp³-hybridized carbons (Fsp3) is 0.348. The first kappa shape index (κ1) is 19.9. The largest absolute Gasteiger partial charge is 0.461 e. The van der Waals surface area contributed by atoms with Gasteiger partial charge in [-0.3, -0.25) is 4.79 Å². The van der Waals surface area contributed by atoms with Crippen LogP contribution in [0, 0.1) is 18.8 Å². The first-order valence-electron chi connectivity index (χ1n) is 9.00. The summed E-state index contributed by atoms with van der Waals surface area (Å²) in [5.41, 5.74) is 1.59. The molecule has 0 spiro atoms. The minimum atomic E-state index is -1.29. The SMILES string of the molecule is Cc1ccc(C(C)(O)C(C(=O)OC/C=C/c2ccccc2)C(C)C)cc1. The normalized spacial score (nSPS) is 15.0. The number of benzene rings is 2. The maximum Gasteiger partial charge on any atom is 0.312 e. The summed E-state index contributed by atoms with van der Waals surface area (Å²) in [4.78, 5) is 12.7. The molecule has 0 heterocycles. The summed E-state index contributed by atoms with van der Waals surface area (Å²) >= 11 is 0. The molecular weight excluding hydrogens is 324 g/mol. The molecule has 0 radical (unpaired) electrons. The zero-order valence-electron chi connectivity index (χ0n) is 16.0. The van der Waals surface area contributed by atoms with Crippen molar-refractivity contribution in [3.63, 3.8) is 0 Å². The quantitative estimate of drug-likeness (QED) is 0.733. The number of aliphatic hydroxyl groups is 1. The molecule has 26 heavy (non-hydrogen) atoms. The van der Waals surface area contributed by atoms with E-state index < -0.39 is 11.5 Å². The van der Waals surface area contributed by atoms with Crippen molar-refractivity contribution in [2.75, 3.05) is 6.61 Å². The van der Waals surface area contributed by atoms with Crippen LogP contribution in [0.1, 0.15) is 37.5 Å². The van der Waals surface area contributed by atoms with Crippen molar-refractivity contribution in [3.8, 4) is 0 Å². The number of aryl methyl sites for hydroxylation is 1. The lowest BCUT2D eigenvalue weighted by atomic mass is 9.76. The van der Waals surface area contributed by atoms with Crippen molar-refractivity contribution >= 4 is 12.0 Å². The van der Waals surface area contributed by atoms with E-state index in [4.69, 9.17) is 4.74 Å². The van der Waals surface area contributed by atoms with Crippen LogP contribution in [0.5, 0.6) is 0 Å². The highest BCUT2D eigenvalue weighted by atomic mass is 16.5. The predicted octanol–water partition coefficient (Wildman–Crippen LogP) is 4.73. The monoisotopic (exact) mass is 352 g/mol. The molecule has 2 rings (SSSR count). The van der Waals surface area contributed by atoms with E-state index in [9.17, 15) is 9.90 Å². The van der Waals surface area contributed by atoms with Crippen molar-refractivity contribution in [2.45, 2.75) is 33.3 Å². The molecule has 0 aliphatic rings. The van der Waals surface area contributed by atoms with Gasteiger partial charge in [0.1, 0.15) is 12.2 Å². The third kappa shape index (κ3) is 5.06. The Labute approximate surface area is 156 Å². The molecule has 3 heteroatoms. The zero-order valence-corrected chi connectivity index (χ0v) is 16.0. The molecular formula is C23H28O3. The third-order valence-electron chi connectivity index (χ3n) is 4.59. The third-order valence-corrected chi connectivity index (χ3v) is 4.59. The van der Waals surface area contributed by atoms with E-state index >= 15 is 0 Å².